The average Bonchev–Trinajstić information content (AvgIpc) is 2.33. The van der Waals surface area contributed by atoms with E-state index in [9.17, 15) is 9.59 Å². The van der Waals surface area contributed by atoms with Gasteiger partial charge in [0.2, 0.25) is 0 Å². The number of ether oxygens (including phenoxy) is 1. The summed E-state index contributed by atoms with van der Waals surface area (Å²) in [4.78, 5) is 22.5. The second kappa shape index (κ2) is 7.18. The number of hydrogen-bond donors (Lipinski definition) is 3. The zero-order chi connectivity index (χ0) is 14.4. The van der Waals surface area contributed by atoms with E-state index in [-0.39, 0.29) is 17.3 Å². The number of aliphatic carboxylic acids is 1. The van der Waals surface area contributed by atoms with Gasteiger partial charge in [-0.1, -0.05) is 23.2 Å². The van der Waals surface area contributed by atoms with Crippen molar-refractivity contribution < 1.29 is 19.4 Å². The molecule has 0 heterocycles. The Morgan fingerprint density at radius 1 is 1.42 bits per heavy atom. The molecule has 1 aromatic carbocycles. The van der Waals surface area contributed by atoms with Crippen LogP contribution >= 0.6 is 23.2 Å². The summed E-state index contributed by atoms with van der Waals surface area (Å²) in [6.45, 7) is -0.147. The highest BCUT2D eigenvalue weighted by Crippen LogP contribution is 2.25. The van der Waals surface area contributed by atoms with Crippen molar-refractivity contribution in [2.75, 3.05) is 19.0 Å². The van der Waals surface area contributed by atoms with Crippen molar-refractivity contribution in [3.8, 4) is 0 Å². The number of hydrogen-bond acceptors (Lipinski definition) is 3. The molecule has 0 aliphatic heterocycles. The van der Waals surface area contributed by atoms with Crippen LogP contribution in [0.3, 0.4) is 0 Å². The van der Waals surface area contributed by atoms with Crippen LogP contribution in [0.4, 0.5) is 10.5 Å². The van der Waals surface area contributed by atoms with Crippen molar-refractivity contribution in [3.63, 3.8) is 0 Å². The van der Waals surface area contributed by atoms with Crippen molar-refractivity contribution in [3.05, 3.63) is 28.2 Å². The van der Waals surface area contributed by atoms with Gasteiger partial charge in [-0.3, -0.25) is 0 Å². The first-order chi connectivity index (χ1) is 8.93. The van der Waals surface area contributed by atoms with Crippen LogP contribution in [0.2, 0.25) is 10.0 Å². The van der Waals surface area contributed by atoms with Gasteiger partial charge in [0.05, 0.1) is 17.3 Å². The van der Waals surface area contributed by atoms with E-state index >= 15 is 0 Å². The van der Waals surface area contributed by atoms with E-state index in [2.05, 4.69) is 15.4 Å². The molecule has 0 aromatic heterocycles. The van der Waals surface area contributed by atoms with Crippen LogP contribution in [-0.2, 0) is 9.53 Å². The van der Waals surface area contributed by atoms with Gasteiger partial charge in [-0.25, -0.2) is 9.59 Å². The quantitative estimate of drug-likeness (QED) is 0.778. The van der Waals surface area contributed by atoms with Crippen molar-refractivity contribution in [1.29, 1.82) is 0 Å². The standard InChI is InChI=1S/C11H12Cl2N2O4/c1-19-5-9(10(16)17)15-11(18)14-8-4-6(12)2-3-7(8)13/h2-4,9H,5H2,1H3,(H,16,17)(H2,14,15,18). The highest BCUT2D eigenvalue weighted by molar-refractivity contribution is 6.35. The summed E-state index contributed by atoms with van der Waals surface area (Å²) in [5, 5.41) is 14.2. The zero-order valence-corrected chi connectivity index (χ0v) is 11.5. The largest absolute Gasteiger partial charge is 0.480 e. The first-order valence-corrected chi connectivity index (χ1v) is 5.94. The number of methoxy groups -OCH3 is 1. The maximum absolute atomic E-state index is 11.6. The van der Waals surface area contributed by atoms with Crippen LogP contribution in [0.15, 0.2) is 18.2 Å². The fraction of sp³-hybridized carbons (Fsp3) is 0.273. The monoisotopic (exact) mass is 306 g/mol. The predicted octanol–water partition coefficient (Wildman–Crippen LogP) is 2.21. The fourth-order valence-electron chi connectivity index (χ4n) is 1.25. The lowest BCUT2D eigenvalue weighted by Gasteiger charge is -2.14. The number of rotatable bonds is 5. The van der Waals surface area contributed by atoms with Gasteiger partial charge >= 0.3 is 12.0 Å². The van der Waals surface area contributed by atoms with Crippen LogP contribution < -0.4 is 10.6 Å². The molecule has 1 atom stereocenters. The molecule has 1 aromatic rings. The van der Waals surface area contributed by atoms with Gasteiger partial charge < -0.3 is 20.5 Å². The summed E-state index contributed by atoms with van der Waals surface area (Å²) in [6, 6.07) is 2.67. The van der Waals surface area contributed by atoms with E-state index in [0.717, 1.165) is 0 Å². The summed E-state index contributed by atoms with van der Waals surface area (Å²) < 4.78 is 4.69. The average molecular weight is 307 g/mol. The van der Waals surface area contributed by atoms with Gasteiger partial charge in [-0.2, -0.15) is 0 Å². The zero-order valence-electron chi connectivity index (χ0n) is 9.94. The maximum Gasteiger partial charge on any atom is 0.328 e. The lowest BCUT2D eigenvalue weighted by atomic mass is 10.3. The van der Waals surface area contributed by atoms with Gasteiger partial charge in [-0.15, -0.1) is 0 Å². The Hall–Kier alpha value is -1.50. The Balaban J connectivity index is 2.68. The van der Waals surface area contributed by atoms with Crippen LogP contribution in [0.1, 0.15) is 0 Å². The smallest absolute Gasteiger partial charge is 0.328 e. The molecule has 1 rings (SSSR count). The minimum atomic E-state index is -1.20. The molecule has 0 fully saturated rings. The van der Waals surface area contributed by atoms with E-state index in [1.165, 1.54) is 19.2 Å². The molecular formula is C11H12Cl2N2O4. The Bertz CT molecular complexity index is 482. The molecule has 6 nitrogen and oxygen atoms in total. The summed E-state index contributed by atoms with van der Waals surface area (Å²) in [5.41, 5.74) is 0.285. The molecule has 3 N–H and O–H groups in total. The third-order valence-corrected chi connectivity index (χ3v) is 2.68. The van der Waals surface area contributed by atoms with E-state index in [0.29, 0.717) is 5.02 Å². The van der Waals surface area contributed by atoms with Crippen LogP contribution in [0.5, 0.6) is 0 Å². The number of carboxylic acid groups (broad SMARTS) is 1. The topological polar surface area (TPSA) is 87.7 Å². The number of carboxylic acids is 1. The van der Waals surface area contributed by atoms with Crippen LogP contribution in [0.25, 0.3) is 0 Å². The number of nitrogens with one attached hydrogen (secondary N) is 2. The third-order valence-electron chi connectivity index (χ3n) is 2.11. The molecule has 0 radical (unpaired) electrons. The maximum atomic E-state index is 11.6. The Labute approximate surface area is 119 Å². The molecule has 0 bridgehead atoms. The Morgan fingerprint density at radius 2 is 2.11 bits per heavy atom. The first-order valence-electron chi connectivity index (χ1n) is 5.18. The number of halogens is 2. The minimum absolute atomic E-state index is 0.147. The highest BCUT2D eigenvalue weighted by Gasteiger charge is 2.20. The number of carbonyl (C=O) groups is 2. The Morgan fingerprint density at radius 3 is 2.68 bits per heavy atom. The number of anilines is 1. The van der Waals surface area contributed by atoms with Crippen molar-refractivity contribution >= 4 is 40.9 Å². The van der Waals surface area contributed by atoms with Gasteiger partial charge in [0.1, 0.15) is 0 Å². The lowest BCUT2D eigenvalue weighted by Crippen LogP contribution is -2.45. The summed E-state index contributed by atoms with van der Waals surface area (Å²) in [6.07, 6.45) is 0. The first kappa shape index (κ1) is 15.6. The van der Waals surface area contributed by atoms with E-state index in [1.807, 2.05) is 0 Å². The lowest BCUT2D eigenvalue weighted by molar-refractivity contribution is -0.140. The summed E-state index contributed by atoms with van der Waals surface area (Å²) in [5.74, 6) is -1.20. The molecule has 8 heteroatoms. The van der Waals surface area contributed by atoms with Gasteiger partial charge in [0, 0.05) is 12.1 Å². The summed E-state index contributed by atoms with van der Waals surface area (Å²) >= 11 is 11.6. The van der Waals surface area contributed by atoms with E-state index < -0.39 is 18.0 Å². The number of urea groups is 1. The van der Waals surface area contributed by atoms with Crippen molar-refractivity contribution in [1.82, 2.24) is 5.32 Å². The van der Waals surface area contributed by atoms with Gasteiger partial charge in [0.15, 0.2) is 6.04 Å². The second-order valence-corrected chi connectivity index (χ2v) is 4.41. The predicted molar refractivity (Wildman–Crippen MR) is 71.9 cm³/mol. The fourth-order valence-corrected chi connectivity index (χ4v) is 1.59. The van der Waals surface area contributed by atoms with E-state index in [1.54, 1.807) is 6.07 Å². The molecule has 104 valence electrons. The second-order valence-electron chi connectivity index (χ2n) is 3.57. The number of benzene rings is 1. The molecule has 0 aliphatic carbocycles. The Kier molecular flexibility index (Phi) is 5.88. The molecule has 19 heavy (non-hydrogen) atoms. The SMILES string of the molecule is COCC(NC(=O)Nc1cc(Cl)ccc1Cl)C(=O)O. The van der Waals surface area contributed by atoms with Gasteiger partial charge in [0.25, 0.3) is 0 Å². The molecule has 0 aliphatic rings. The normalized spacial score (nSPS) is 11.7. The molecular weight excluding hydrogens is 295 g/mol. The summed E-state index contributed by atoms with van der Waals surface area (Å²) in [7, 11) is 1.34. The van der Waals surface area contributed by atoms with E-state index in [4.69, 9.17) is 28.3 Å². The van der Waals surface area contributed by atoms with Crippen LogP contribution in [0, 0.1) is 0 Å². The minimum Gasteiger partial charge on any atom is -0.480 e. The van der Waals surface area contributed by atoms with Crippen molar-refractivity contribution in [2.45, 2.75) is 6.04 Å². The molecule has 0 saturated carbocycles. The third kappa shape index (κ3) is 4.94. The molecule has 2 amide bonds. The van der Waals surface area contributed by atoms with Crippen molar-refractivity contribution in [2.24, 2.45) is 0 Å². The van der Waals surface area contributed by atoms with Gasteiger partial charge in [-0.05, 0) is 18.2 Å². The molecule has 0 saturated heterocycles. The molecule has 1 unspecified atom stereocenters. The van der Waals surface area contributed by atoms with Crippen LogP contribution in [-0.4, -0.2) is 36.9 Å². The number of carbonyl (C=O) groups excluding carboxylic acids is 1. The molecule has 0 spiro atoms. The highest BCUT2D eigenvalue weighted by atomic mass is 35.5. The number of amides is 2.